The molecule has 11 heteroatoms. The fourth-order valence-electron chi connectivity index (χ4n) is 3.65. The summed E-state index contributed by atoms with van der Waals surface area (Å²) in [7, 11) is 1.46. The van der Waals surface area contributed by atoms with Gasteiger partial charge in [0.1, 0.15) is 23.0 Å². The molecule has 0 aromatic heterocycles. The van der Waals surface area contributed by atoms with E-state index in [1.165, 1.54) is 24.2 Å². The van der Waals surface area contributed by atoms with Crippen molar-refractivity contribution in [3.05, 3.63) is 75.0 Å². The molecule has 2 amide bonds. The van der Waals surface area contributed by atoms with Crippen molar-refractivity contribution in [1.29, 1.82) is 0 Å². The number of carbonyl (C=O) groups excluding carboxylic acids is 2. The van der Waals surface area contributed by atoms with Crippen molar-refractivity contribution >= 4 is 33.4 Å². The molecule has 1 aliphatic rings. The van der Waals surface area contributed by atoms with Gasteiger partial charge < -0.3 is 10.4 Å². The lowest BCUT2D eigenvalue weighted by atomic mass is 9.95. The number of nitrogens with one attached hydrogen (secondary N) is 1. The summed E-state index contributed by atoms with van der Waals surface area (Å²) in [6.07, 6.45) is 0. The molecule has 33 heavy (non-hydrogen) atoms. The van der Waals surface area contributed by atoms with Gasteiger partial charge in [-0.1, -0.05) is 26.0 Å². The number of hydrogen-bond donors (Lipinski definition) is 2. The third kappa shape index (κ3) is 4.74. The zero-order chi connectivity index (χ0) is 24.6. The molecule has 0 unspecified atom stereocenters. The summed E-state index contributed by atoms with van der Waals surface area (Å²) in [5.41, 5.74) is -1.10. The third-order valence-corrected chi connectivity index (χ3v) is 5.98. The minimum absolute atomic E-state index is 0.143. The topological polar surface area (TPSA) is 72.9 Å². The van der Waals surface area contributed by atoms with E-state index in [2.05, 4.69) is 21.2 Å². The van der Waals surface area contributed by atoms with Gasteiger partial charge in [0, 0.05) is 18.3 Å². The monoisotopic (exact) mass is 529 g/mol. The highest BCUT2D eigenvalue weighted by atomic mass is 79.9. The van der Waals surface area contributed by atoms with Crippen LogP contribution in [0.5, 0.6) is 0 Å². The molecular formula is C22H20BrF4N3O3. The molecule has 2 aromatic rings. The van der Waals surface area contributed by atoms with Crippen LogP contribution < -0.4 is 5.32 Å². The number of hydrogen-bond acceptors (Lipinski definition) is 4. The summed E-state index contributed by atoms with van der Waals surface area (Å²) < 4.78 is 55.1. The van der Waals surface area contributed by atoms with E-state index in [0.717, 1.165) is 23.2 Å². The molecule has 0 fully saturated rings. The number of carbonyl (C=O) groups is 2. The highest BCUT2D eigenvalue weighted by Crippen LogP contribution is 2.31. The summed E-state index contributed by atoms with van der Waals surface area (Å²) in [6, 6.07) is 4.30. The van der Waals surface area contributed by atoms with E-state index >= 15 is 0 Å². The average Bonchev–Trinajstić information content (AvgIpc) is 2.72. The first-order valence-corrected chi connectivity index (χ1v) is 10.6. The predicted molar refractivity (Wildman–Crippen MR) is 116 cm³/mol. The van der Waals surface area contributed by atoms with Crippen LogP contribution in [0.25, 0.3) is 0 Å². The van der Waals surface area contributed by atoms with E-state index < -0.39 is 63.5 Å². The Morgan fingerprint density at radius 3 is 2.33 bits per heavy atom. The fourth-order valence-corrected chi connectivity index (χ4v) is 3.88. The molecule has 2 aromatic carbocycles. The number of nitrogens with zero attached hydrogens (tertiary/aromatic N) is 2. The quantitative estimate of drug-likeness (QED) is 0.335. The second kappa shape index (κ2) is 9.52. The first-order valence-electron chi connectivity index (χ1n) is 9.80. The van der Waals surface area contributed by atoms with Crippen molar-refractivity contribution in [3.63, 3.8) is 0 Å². The summed E-state index contributed by atoms with van der Waals surface area (Å²) >= 11 is 2.72. The van der Waals surface area contributed by atoms with Crippen LogP contribution in [-0.2, 0) is 16.1 Å². The van der Waals surface area contributed by atoms with Gasteiger partial charge in [0.15, 0.2) is 11.6 Å². The lowest BCUT2D eigenvalue weighted by molar-refractivity contribution is -0.154. The highest BCUT2D eigenvalue weighted by Gasteiger charge is 2.42. The second-order valence-corrected chi connectivity index (χ2v) is 8.60. The number of halogens is 5. The van der Waals surface area contributed by atoms with E-state index in [1.807, 2.05) is 0 Å². The van der Waals surface area contributed by atoms with Gasteiger partial charge in [-0.25, -0.2) is 22.6 Å². The van der Waals surface area contributed by atoms with Crippen molar-refractivity contribution in [1.82, 2.24) is 10.0 Å². The van der Waals surface area contributed by atoms with Crippen LogP contribution in [0.4, 0.5) is 23.2 Å². The molecule has 0 radical (unpaired) electrons. The molecule has 2 N–H and O–H groups in total. The summed E-state index contributed by atoms with van der Waals surface area (Å²) in [4.78, 5) is 26.1. The molecule has 0 bridgehead atoms. The lowest BCUT2D eigenvalue weighted by Gasteiger charge is -2.43. The van der Waals surface area contributed by atoms with Crippen LogP contribution in [0.2, 0.25) is 0 Å². The van der Waals surface area contributed by atoms with Gasteiger partial charge >= 0.3 is 0 Å². The number of anilines is 1. The standard InChI is InChI=1S/C22H20BrF4N3O3/c1-10(2)19-20(31)16(21(32)28-12-7-14(25)17(23)15(26)8-12)22(33)30(29(19)3)9-11-5-4-6-13(24)18(11)27/h4-8,10,19,31H,9H2,1-3H3,(H,28,32)/t19-/m0/s1. The van der Waals surface area contributed by atoms with Crippen molar-refractivity contribution in [2.24, 2.45) is 5.92 Å². The smallest absolute Gasteiger partial charge is 0.277 e. The van der Waals surface area contributed by atoms with Gasteiger partial charge in [-0.05, 0) is 40.0 Å². The van der Waals surface area contributed by atoms with Crippen molar-refractivity contribution < 1.29 is 32.3 Å². The minimum Gasteiger partial charge on any atom is -0.510 e. The summed E-state index contributed by atoms with van der Waals surface area (Å²) in [5, 5.41) is 15.3. The molecule has 3 rings (SSSR count). The van der Waals surface area contributed by atoms with E-state index in [0.29, 0.717) is 0 Å². The van der Waals surface area contributed by atoms with E-state index in [-0.39, 0.29) is 17.2 Å². The van der Waals surface area contributed by atoms with E-state index in [1.54, 1.807) is 13.8 Å². The van der Waals surface area contributed by atoms with Gasteiger partial charge in [-0.15, -0.1) is 0 Å². The Bertz CT molecular complexity index is 1130. The van der Waals surface area contributed by atoms with Crippen LogP contribution >= 0.6 is 15.9 Å². The third-order valence-electron chi connectivity index (χ3n) is 5.22. The molecule has 0 spiro atoms. The Hall–Kier alpha value is -2.92. The van der Waals surface area contributed by atoms with Crippen molar-refractivity contribution in [3.8, 4) is 0 Å². The van der Waals surface area contributed by atoms with Gasteiger partial charge in [-0.3, -0.25) is 14.6 Å². The highest BCUT2D eigenvalue weighted by molar-refractivity contribution is 9.10. The Balaban J connectivity index is 2.00. The summed E-state index contributed by atoms with van der Waals surface area (Å²) in [5.74, 6) is -7.19. The molecule has 0 saturated carbocycles. The zero-order valence-corrected chi connectivity index (χ0v) is 19.4. The van der Waals surface area contributed by atoms with Crippen molar-refractivity contribution in [2.75, 3.05) is 12.4 Å². The molecule has 1 heterocycles. The molecule has 1 atom stereocenters. The Kier molecular flexibility index (Phi) is 7.13. The second-order valence-electron chi connectivity index (χ2n) is 7.81. The fraction of sp³-hybridized carbons (Fsp3) is 0.273. The SMILES string of the molecule is CC(C)[C@H]1C(O)=C(C(=O)Nc2cc(F)c(Br)c(F)c2)C(=O)N(Cc2cccc(F)c2F)N1C. The Morgan fingerprint density at radius 2 is 1.76 bits per heavy atom. The van der Waals surface area contributed by atoms with Gasteiger partial charge in [0.25, 0.3) is 11.8 Å². The molecule has 176 valence electrons. The van der Waals surface area contributed by atoms with Crippen LogP contribution in [0.3, 0.4) is 0 Å². The largest absolute Gasteiger partial charge is 0.510 e. The number of hydrazine groups is 1. The van der Waals surface area contributed by atoms with E-state index in [9.17, 15) is 32.3 Å². The maximum Gasteiger partial charge on any atom is 0.277 e. The van der Waals surface area contributed by atoms with Crippen LogP contribution in [0.1, 0.15) is 19.4 Å². The number of benzene rings is 2. The number of amides is 2. The molecule has 6 nitrogen and oxygen atoms in total. The average molecular weight is 530 g/mol. The Labute approximate surface area is 195 Å². The molecule has 0 aliphatic carbocycles. The number of rotatable bonds is 5. The number of likely N-dealkylation sites (N-methyl/N-ethyl adjacent to an activating group) is 1. The first kappa shape index (κ1) is 24.7. The molecule has 1 aliphatic heterocycles. The zero-order valence-electron chi connectivity index (χ0n) is 17.8. The molecular weight excluding hydrogens is 510 g/mol. The van der Waals surface area contributed by atoms with Gasteiger partial charge in [0.2, 0.25) is 0 Å². The predicted octanol–water partition coefficient (Wildman–Crippen LogP) is 4.67. The van der Waals surface area contributed by atoms with Crippen LogP contribution in [-0.4, -0.2) is 40.0 Å². The minimum atomic E-state index is -1.15. The van der Waals surface area contributed by atoms with E-state index in [4.69, 9.17) is 0 Å². The lowest BCUT2D eigenvalue weighted by Crippen LogP contribution is -2.57. The van der Waals surface area contributed by atoms with Crippen LogP contribution in [0.15, 0.2) is 46.1 Å². The maximum atomic E-state index is 14.2. The van der Waals surface area contributed by atoms with Crippen LogP contribution in [0, 0.1) is 29.2 Å². The Morgan fingerprint density at radius 1 is 1.15 bits per heavy atom. The normalized spacial score (nSPS) is 17.2. The number of aliphatic hydroxyl groups excluding tert-OH is 1. The first-order chi connectivity index (χ1) is 15.4. The molecule has 0 saturated heterocycles. The van der Waals surface area contributed by atoms with Gasteiger partial charge in [-0.2, -0.15) is 0 Å². The van der Waals surface area contributed by atoms with Gasteiger partial charge in [0.05, 0.1) is 17.1 Å². The summed E-state index contributed by atoms with van der Waals surface area (Å²) in [6.45, 7) is 3.03. The maximum absolute atomic E-state index is 14.2. The number of aliphatic hydroxyl groups is 1. The van der Waals surface area contributed by atoms with Crippen molar-refractivity contribution in [2.45, 2.75) is 26.4 Å².